The molecule has 4 nitrogen and oxygen atoms in total. The van der Waals surface area contributed by atoms with Crippen molar-refractivity contribution in [2.45, 2.75) is 39.2 Å². The van der Waals surface area contributed by atoms with Crippen LogP contribution in [0.2, 0.25) is 0 Å². The summed E-state index contributed by atoms with van der Waals surface area (Å²) in [5.74, 6) is 2.00. The van der Waals surface area contributed by atoms with Crippen LogP contribution in [0, 0.1) is 6.92 Å². The van der Waals surface area contributed by atoms with Crippen molar-refractivity contribution in [1.82, 2.24) is 10.3 Å². The lowest BCUT2D eigenvalue weighted by atomic mass is 10.1. The molecule has 114 valence electrons. The highest BCUT2D eigenvalue weighted by Gasteiger charge is 2.07. The molecule has 0 aliphatic heterocycles. The molecule has 0 radical (unpaired) electrons. The van der Waals surface area contributed by atoms with E-state index >= 15 is 0 Å². The summed E-state index contributed by atoms with van der Waals surface area (Å²) < 4.78 is 5.40. The van der Waals surface area contributed by atoms with Crippen LogP contribution < -0.4 is 10.6 Å². The van der Waals surface area contributed by atoms with Crippen LogP contribution in [-0.2, 0) is 6.42 Å². The summed E-state index contributed by atoms with van der Waals surface area (Å²) in [6.45, 7) is 6.18. The summed E-state index contributed by atoms with van der Waals surface area (Å²) in [6.07, 6.45) is 6.76. The van der Waals surface area contributed by atoms with Gasteiger partial charge in [-0.2, -0.15) is 0 Å². The first-order valence-electron chi connectivity index (χ1n) is 7.70. The van der Waals surface area contributed by atoms with Crippen LogP contribution in [0.1, 0.15) is 31.1 Å². The van der Waals surface area contributed by atoms with Crippen molar-refractivity contribution in [2.75, 3.05) is 18.4 Å². The molecule has 2 aromatic heterocycles. The number of nitrogens with zero attached hydrogens (tertiary/aromatic N) is 1. The molecule has 2 aromatic rings. The number of hydrogen-bond acceptors (Lipinski definition) is 4. The second-order valence-electron chi connectivity index (χ2n) is 5.34. The van der Waals surface area contributed by atoms with Gasteiger partial charge in [-0.15, -0.1) is 0 Å². The normalized spacial score (nSPS) is 12.3. The van der Waals surface area contributed by atoms with Crippen LogP contribution in [0.4, 0.5) is 5.82 Å². The number of rotatable bonds is 9. The first-order chi connectivity index (χ1) is 10.3. The Bertz CT molecular complexity index is 493. The van der Waals surface area contributed by atoms with E-state index in [4.69, 9.17) is 4.42 Å². The highest BCUT2D eigenvalue weighted by Crippen LogP contribution is 2.07. The minimum Gasteiger partial charge on any atom is -0.469 e. The maximum atomic E-state index is 5.40. The van der Waals surface area contributed by atoms with Crippen molar-refractivity contribution in [2.24, 2.45) is 0 Å². The van der Waals surface area contributed by atoms with Crippen LogP contribution in [0.25, 0.3) is 0 Å². The number of aromatic nitrogens is 1. The maximum absolute atomic E-state index is 5.40. The standard InChI is InChI=1S/C17H25N3O/c1-3-15(12-16-6-4-11-21-16)18-9-5-10-19-17-8-7-14(2)13-20-17/h4,6-8,11,13,15,18H,3,5,9-10,12H2,1-2H3,(H,19,20). The van der Waals surface area contributed by atoms with E-state index in [0.29, 0.717) is 6.04 Å². The largest absolute Gasteiger partial charge is 0.469 e. The van der Waals surface area contributed by atoms with Crippen LogP contribution in [0.15, 0.2) is 41.1 Å². The van der Waals surface area contributed by atoms with E-state index in [-0.39, 0.29) is 0 Å². The van der Waals surface area contributed by atoms with Gasteiger partial charge >= 0.3 is 0 Å². The number of aryl methyl sites for hydroxylation is 1. The van der Waals surface area contributed by atoms with E-state index in [1.54, 1.807) is 6.26 Å². The molecule has 2 heterocycles. The molecule has 0 aliphatic rings. The SMILES string of the molecule is CCC(Cc1ccco1)NCCCNc1ccc(C)cn1. The van der Waals surface area contributed by atoms with Gasteiger partial charge in [0.25, 0.3) is 0 Å². The van der Waals surface area contributed by atoms with E-state index in [1.165, 1.54) is 5.56 Å². The lowest BCUT2D eigenvalue weighted by molar-refractivity contribution is 0.432. The fraction of sp³-hybridized carbons (Fsp3) is 0.471. The Balaban J connectivity index is 1.60. The van der Waals surface area contributed by atoms with Crippen LogP contribution in [0.5, 0.6) is 0 Å². The molecule has 0 bridgehead atoms. The molecular formula is C17H25N3O. The average molecular weight is 287 g/mol. The van der Waals surface area contributed by atoms with E-state index in [1.807, 2.05) is 31.3 Å². The molecule has 0 saturated heterocycles. The summed E-state index contributed by atoms with van der Waals surface area (Å²) in [5.41, 5.74) is 1.19. The predicted molar refractivity (Wildman–Crippen MR) is 86.6 cm³/mol. The molecular weight excluding hydrogens is 262 g/mol. The van der Waals surface area contributed by atoms with Crippen LogP contribution in [0.3, 0.4) is 0 Å². The van der Waals surface area contributed by atoms with Gasteiger partial charge in [0.15, 0.2) is 0 Å². The smallest absolute Gasteiger partial charge is 0.125 e. The first-order valence-corrected chi connectivity index (χ1v) is 7.70. The number of hydrogen-bond donors (Lipinski definition) is 2. The summed E-state index contributed by atoms with van der Waals surface area (Å²) in [7, 11) is 0. The number of pyridine rings is 1. The Morgan fingerprint density at radius 1 is 1.24 bits per heavy atom. The van der Waals surface area contributed by atoms with Gasteiger partial charge in [-0.1, -0.05) is 13.0 Å². The molecule has 4 heteroatoms. The quantitative estimate of drug-likeness (QED) is 0.694. The van der Waals surface area contributed by atoms with E-state index in [9.17, 15) is 0 Å². The van der Waals surface area contributed by atoms with Gasteiger partial charge in [-0.3, -0.25) is 0 Å². The molecule has 2 rings (SSSR count). The highest BCUT2D eigenvalue weighted by molar-refractivity contribution is 5.34. The van der Waals surface area contributed by atoms with Gasteiger partial charge in [0.1, 0.15) is 11.6 Å². The zero-order chi connectivity index (χ0) is 14.9. The van der Waals surface area contributed by atoms with Gasteiger partial charge < -0.3 is 15.1 Å². The molecule has 21 heavy (non-hydrogen) atoms. The lowest BCUT2D eigenvalue weighted by Crippen LogP contribution is -2.32. The summed E-state index contributed by atoms with van der Waals surface area (Å²) >= 11 is 0. The molecule has 0 aromatic carbocycles. The topological polar surface area (TPSA) is 50.1 Å². The zero-order valence-electron chi connectivity index (χ0n) is 12.9. The van der Waals surface area contributed by atoms with Crippen LogP contribution >= 0.6 is 0 Å². The molecule has 0 fully saturated rings. The van der Waals surface area contributed by atoms with Crippen molar-refractivity contribution in [3.8, 4) is 0 Å². The Morgan fingerprint density at radius 3 is 2.81 bits per heavy atom. The third kappa shape index (κ3) is 5.60. The molecule has 1 atom stereocenters. The Hall–Kier alpha value is -1.81. The molecule has 1 unspecified atom stereocenters. The van der Waals surface area contributed by atoms with Gasteiger partial charge in [0.2, 0.25) is 0 Å². The van der Waals surface area contributed by atoms with E-state index in [0.717, 1.165) is 43.9 Å². The van der Waals surface area contributed by atoms with E-state index in [2.05, 4.69) is 28.6 Å². The number of furan rings is 1. The lowest BCUT2D eigenvalue weighted by Gasteiger charge is -2.15. The molecule has 2 N–H and O–H groups in total. The van der Waals surface area contributed by atoms with Gasteiger partial charge in [0.05, 0.1) is 6.26 Å². The predicted octanol–water partition coefficient (Wildman–Crippen LogP) is 3.40. The third-order valence-electron chi connectivity index (χ3n) is 3.52. The minimum absolute atomic E-state index is 0.480. The third-order valence-corrected chi connectivity index (χ3v) is 3.52. The highest BCUT2D eigenvalue weighted by atomic mass is 16.3. The fourth-order valence-electron chi connectivity index (χ4n) is 2.22. The van der Waals surface area contributed by atoms with Crippen LogP contribution in [-0.4, -0.2) is 24.1 Å². The van der Waals surface area contributed by atoms with Crippen molar-refractivity contribution < 1.29 is 4.42 Å². The monoisotopic (exact) mass is 287 g/mol. The van der Waals surface area contributed by atoms with Crippen molar-refractivity contribution >= 4 is 5.82 Å². The second-order valence-corrected chi connectivity index (χ2v) is 5.34. The average Bonchev–Trinajstić information content (AvgIpc) is 3.00. The second kappa shape index (κ2) is 8.47. The summed E-state index contributed by atoms with van der Waals surface area (Å²) in [5, 5.41) is 6.92. The van der Waals surface area contributed by atoms with Gasteiger partial charge in [0, 0.05) is 25.2 Å². The Labute approximate surface area is 127 Å². The molecule has 0 saturated carbocycles. The molecule has 0 amide bonds. The minimum atomic E-state index is 0.480. The maximum Gasteiger partial charge on any atom is 0.125 e. The summed E-state index contributed by atoms with van der Waals surface area (Å²) in [4.78, 5) is 4.33. The Kier molecular flexibility index (Phi) is 6.28. The van der Waals surface area contributed by atoms with Gasteiger partial charge in [-0.25, -0.2) is 4.98 Å². The van der Waals surface area contributed by atoms with Crippen molar-refractivity contribution in [1.29, 1.82) is 0 Å². The summed E-state index contributed by atoms with van der Waals surface area (Å²) in [6, 6.07) is 8.56. The van der Waals surface area contributed by atoms with Crippen molar-refractivity contribution in [3.63, 3.8) is 0 Å². The zero-order valence-corrected chi connectivity index (χ0v) is 12.9. The number of anilines is 1. The van der Waals surface area contributed by atoms with Gasteiger partial charge in [-0.05, 0) is 50.1 Å². The number of nitrogens with one attached hydrogen (secondary N) is 2. The Morgan fingerprint density at radius 2 is 2.14 bits per heavy atom. The molecule has 0 aliphatic carbocycles. The first kappa shape index (κ1) is 15.6. The van der Waals surface area contributed by atoms with E-state index < -0.39 is 0 Å². The van der Waals surface area contributed by atoms with Crippen molar-refractivity contribution in [3.05, 3.63) is 48.0 Å². The fourth-order valence-corrected chi connectivity index (χ4v) is 2.22. The molecule has 0 spiro atoms.